The standard InChI is InChI=1S/C16H24ClNO2S/c1-14(15-7-3-2-4-8-15)13-21(19,20)18-12-6-5-9-16(18)10-11-17/h2-4,7-8,14,16H,5-6,9-13H2,1H3. The number of nitrogens with zero attached hydrogens (tertiary/aromatic N) is 1. The first-order valence-electron chi connectivity index (χ1n) is 7.65. The van der Waals surface area contributed by atoms with E-state index in [4.69, 9.17) is 11.6 Å². The summed E-state index contributed by atoms with van der Waals surface area (Å²) in [5.74, 6) is 0.704. The monoisotopic (exact) mass is 329 g/mol. The van der Waals surface area contributed by atoms with Crippen LogP contribution in [0.2, 0.25) is 0 Å². The summed E-state index contributed by atoms with van der Waals surface area (Å²) in [6, 6.07) is 9.93. The highest BCUT2D eigenvalue weighted by molar-refractivity contribution is 7.89. The van der Waals surface area contributed by atoms with Crippen LogP contribution in [0.1, 0.15) is 44.1 Å². The van der Waals surface area contributed by atoms with E-state index in [9.17, 15) is 8.42 Å². The largest absolute Gasteiger partial charge is 0.214 e. The summed E-state index contributed by atoms with van der Waals surface area (Å²) in [4.78, 5) is 0. The highest BCUT2D eigenvalue weighted by Gasteiger charge is 2.32. The van der Waals surface area contributed by atoms with Crippen molar-refractivity contribution in [3.05, 3.63) is 35.9 Å². The van der Waals surface area contributed by atoms with Gasteiger partial charge in [-0.1, -0.05) is 43.7 Å². The minimum atomic E-state index is -3.23. The molecule has 1 aromatic carbocycles. The third-order valence-electron chi connectivity index (χ3n) is 4.20. The van der Waals surface area contributed by atoms with E-state index in [0.717, 1.165) is 31.2 Å². The second kappa shape index (κ2) is 7.61. The van der Waals surface area contributed by atoms with Gasteiger partial charge in [-0.2, -0.15) is 4.31 Å². The van der Waals surface area contributed by atoms with Crippen molar-refractivity contribution in [2.45, 2.75) is 44.6 Å². The van der Waals surface area contributed by atoms with Crippen LogP contribution in [0.4, 0.5) is 0 Å². The molecule has 0 spiro atoms. The maximum atomic E-state index is 12.7. The lowest BCUT2D eigenvalue weighted by Gasteiger charge is -2.35. The average Bonchev–Trinajstić information content (AvgIpc) is 2.48. The van der Waals surface area contributed by atoms with Crippen LogP contribution in [0, 0.1) is 0 Å². The van der Waals surface area contributed by atoms with Crippen LogP contribution in [0.15, 0.2) is 30.3 Å². The molecule has 0 radical (unpaired) electrons. The Balaban J connectivity index is 2.09. The van der Waals surface area contributed by atoms with Gasteiger partial charge in [0.1, 0.15) is 0 Å². The maximum absolute atomic E-state index is 12.7. The van der Waals surface area contributed by atoms with Crippen LogP contribution < -0.4 is 0 Å². The second-order valence-corrected chi connectivity index (χ2v) is 8.17. The van der Waals surface area contributed by atoms with E-state index in [1.807, 2.05) is 37.3 Å². The lowest BCUT2D eigenvalue weighted by molar-refractivity contribution is 0.247. The minimum Gasteiger partial charge on any atom is -0.212 e. The van der Waals surface area contributed by atoms with E-state index in [0.29, 0.717) is 12.4 Å². The van der Waals surface area contributed by atoms with Gasteiger partial charge in [0, 0.05) is 18.5 Å². The Morgan fingerprint density at radius 2 is 2.00 bits per heavy atom. The summed E-state index contributed by atoms with van der Waals surface area (Å²) in [6.07, 6.45) is 3.74. The van der Waals surface area contributed by atoms with Crippen LogP contribution in [0.5, 0.6) is 0 Å². The zero-order valence-corrected chi connectivity index (χ0v) is 14.1. The molecule has 2 atom stereocenters. The highest BCUT2D eigenvalue weighted by atomic mass is 35.5. The molecule has 0 aromatic heterocycles. The predicted molar refractivity (Wildman–Crippen MR) is 88.3 cm³/mol. The van der Waals surface area contributed by atoms with Gasteiger partial charge in [-0.25, -0.2) is 8.42 Å². The molecule has 5 heteroatoms. The molecule has 0 aliphatic carbocycles. The minimum absolute atomic E-state index is 0.00905. The normalized spacial score (nSPS) is 22.1. The number of halogens is 1. The van der Waals surface area contributed by atoms with Crippen molar-refractivity contribution in [3.63, 3.8) is 0 Å². The van der Waals surface area contributed by atoms with Gasteiger partial charge in [0.05, 0.1) is 5.75 Å². The van der Waals surface area contributed by atoms with Crippen LogP contribution in [-0.4, -0.2) is 36.9 Å². The van der Waals surface area contributed by atoms with Gasteiger partial charge in [-0.15, -0.1) is 11.6 Å². The van der Waals surface area contributed by atoms with Gasteiger partial charge in [0.25, 0.3) is 0 Å². The van der Waals surface area contributed by atoms with Crippen LogP contribution in [-0.2, 0) is 10.0 Å². The molecular formula is C16H24ClNO2S. The van der Waals surface area contributed by atoms with E-state index < -0.39 is 10.0 Å². The van der Waals surface area contributed by atoms with Crippen molar-refractivity contribution >= 4 is 21.6 Å². The summed E-state index contributed by atoms with van der Waals surface area (Å²) < 4.78 is 27.2. The molecule has 21 heavy (non-hydrogen) atoms. The number of hydrogen-bond acceptors (Lipinski definition) is 2. The Morgan fingerprint density at radius 3 is 2.67 bits per heavy atom. The molecule has 2 rings (SSSR count). The van der Waals surface area contributed by atoms with E-state index in [2.05, 4.69) is 0 Å². The lowest BCUT2D eigenvalue weighted by atomic mass is 10.0. The van der Waals surface area contributed by atoms with E-state index in [1.54, 1.807) is 4.31 Å². The molecular weight excluding hydrogens is 306 g/mol. The highest BCUT2D eigenvalue weighted by Crippen LogP contribution is 2.26. The molecule has 3 nitrogen and oxygen atoms in total. The zero-order chi connectivity index (χ0) is 15.3. The summed E-state index contributed by atoms with van der Waals surface area (Å²) in [5.41, 5.74) is 1.08. The molecule has 0 N–H and O–H groups in total. The summed E-state index contributed by atoms with van der Waals surface area (Å²) in [7, 11) is -3.23. The van der Waals surface area contributed by atoms with Gasteiger partial charge in [0.2, 0.25) is 10.0 Å². The third kappa shape index (κ3) is 4.44. The van der Waals surface area contributed by atoms with Gasteiger partial charge in [-0.05, 0) is 30.7 Å². The fourth-order valence-corrected chi connectivity index (χ4v) is 5.38. The smallest absolute Gasteiger partial charge is 0.212 e. The summed E-state index contributed by atoms with van der Waals surface area (Å²) >= 11 is 5.83. The molecule has 1 fully saturated rings. The molecule has 118 valence electrons. The number of alkyl halides is 1. The first kappa shape index (κ1) is 16.8. The average molecular weight is 330 g/mol. The van der Waals surface area contributed by atoms with Crippen molar-refractivity contribution in [1.82, 2.24) is 4.31 Å². The van der Waals surface area contributed by atoms with E-state index >= 15 is 0 Å². The Bertz CT molecular complexity index is 530. The second-order valence-electron chi connectivity index (χ2n) is 5.83. The fourth-order valence-electron chi connectivity index (χ4n) is 3.04. The molecule has 1 aromatic rings. The Labute approximate surface area is 133 Å². The lowest BCUT2D eigenvalue weighted by Crippen LogP contribution is -2.45. The van der Waals surface area contributed by atoms with Crippen molar-refractivity contribution in [2.24, 2.45) is 0 Å². The van der Waals surface area contributed by atoms with Crippen molar-refractivity contribution < 1.29 is 8.42 Å². The van der Waals surface area contributed by atoms with Crippen molar-refractivity contribution in [1.29, 1.82) is 0 Å². The third-order valence-corrected chi connectivity index (χ3v) is 6.54. The van der Waals surface area contributed by atoms with Gasteiger partial charge >= 0.3 is 0 Å². The first-order valence-corrected chi connectivity index (χ1v) is 9.79. The van der Waals surface area contributed by atoms with E-state index in [-0.39, 0.29) is 17.7 Å². The molecule has 1 heterocycles. The summed E-state index contributed by atoms with van der Waals surface area (Å²) in [6.45, 7) is 2.62. The SMILES string of the molecule is CC(CS(=O)(=O)N1CCCCC1CCCl)c1ccccc1. The van der Waals surface area contributed by atoms with Crippen LogP contribution in [0.25, 0.3) is 0 Å². The molecule has 2 unspecified atom stereocenters. The predicted octanol–water partition coefficient (Wildman–Crippen LogP) is 3.60. The maximum Gasteiger partial charge on any atom is 0.214 e. The molecule has 0 bridgehead atoms. The fraction of sp³-hybridized carbons (Fsp3) is 0.625. The van der Waals surface area contributed by atoms with Crippen LogP contribution >= 0.6 is 11.6 Å². The van der Waals surface area contributed by atoms with Gasteiger partial charge < -0.3 is 0 Å². The number of benzene rings is 1. The molecule has 1 aliphatic heterocycles. The Morgan fingerprint density at radius 1 is 1.29 bits per heavy atom. The Kier molecular flexibility index (Phi) is 6.08. The van der Waals surface area contributed by atoms with Crippen molar-refractivity contribution in [2.75, 3.05) is 18.2 Å². The quantitative estimate of drug-likeness (QED) is 0.748. The van der Waals surface area contributed by atoms with Gasteiger partial charge in [-0.3, -0.25) is 0 Å². The number of rotatable bonds is 6. The first-order chi connectivity index (χ1) is 10.0. The molecule has 0 amide bonds. The number of piperidine rings is 1. The topological polar surface area (TPSA) is 37.4 Å². The number of sulfonamides is 1. The summed E-state index contributed by atoms with van der Waals surface area (Å²) in [5, 5.41) is 0. The zero-order valence-electron chi connectivity index (χ0n) is 12.5. The molecule has 1 aliphatic rings. The van der Waals surface area contributed by atoms with Crippen molar-refractivity contribution in [3.8, 4) is 0 Å². The number of hydrogen-bond donors (Lipinski definition) is 0. The van der Waals surface area contributed by atoms with E-state index in [1.165, 1.54) is 0 Å². The van der Waals surface area contributed by atoms with Gasteiger partial charge in [0.15, 0.2) is 0 Å². The molecule has 1 saturated heterocycles. The molecule has 0 saturated carbocycles. The van der Waals surface area contributed by atoms with Crippen LogP contribution in [0.3, 0.4) is 0 Å². The Hall–Kier alpha value is -0.580.